The molecule has 0 spiro atoms. The molecule has 1 aliphatic rings. The van der Waals surface area contributed by atoms with Crippen LogP contribution in [0.25, 0.3) is 0 Å². The molecule has 144 valence electrons. The zero-order valence-electron chi connectivity index (χ0n) is 16.3. The number of hydrogen-bond donors (Lipinski definition) is 1. The Morgan fingerprint density at radius 2 is 2.15 bits per heavy atom. The summed E-state index contributed by atoms with van der Waals surface area (Å²) in [6.07, 6.45) is 1.75. The number of halogens is 1. The van der Waals surface area contributed by atoms with Gasteiger partial charge in [-0.05, 0) is 74.9 Å². The number of allylic oxidation sites excluding steroid dienone is 1. The lowest BCUT2D eigenvalue weighted by Gasteiger charge is -2.34. The van der Waals surface area contributed by atoms with Gasteiger partial charge in [0.2, 0.25) is 0 Å². The van der Waals surface area contributed by atoms with Crippen LogP contribution in [-0.2, 0) is 9.47 Å². The molecule has 1 amide bonds. The molecule has 1 aromatic rings. The topological polar surface area (TPSA) is 50.8 Å². The highest BCUT2D eigenvalue weighted by Gasteiger charge is 2.29. The first-order valence-electron chi connectivity index (χ1n) is 8.92. The molecule has 1 unspecified atom stereocenters. The first kappa shape index (κ1) is 21.0. The summed E-state index contributed by atoms with van der Waals surface area (Å²) in [7, 11) is 0. The van der Waals surface area contributed by atoms with Crippen LogP contribution in [0, 0.1) is 3.57 Å². The predicted molar refractivity (Wildman–Crippen MR) is 114 cm³/mol. The second-order valence-electron chi connectivity index (χ2n) is 7.69. The third-order valence-electron chi connectivity index (χ3n) is 3.89. The van der Waals surface area contributed by atoms with Crippen molar-refractivity contribution in [3.8, 4) is 0 Å². The second-order valence-corrected chi connectivity index (χ2v) is 8.85. The summed E-state index contributed by atoms with van der Waals surface area (Å²) in [5.74, 6) is 0. The van der Waals surface area contributed by atoms with E-state index in [0.29, 0.717) is 19.7 Å². The Labute approximate surface area is 170 Å². The average Bonchev–Trinajstić information content (AvgIpc) is 2.54. The zero-order chi connectivity index (χ0) is 19.3. The largest absolute Gasteiger partial charge is 0.444 e. The molecule has 1 fully saturated rings. The van der Waals surface area contributed by atoms with E-state index in [1.54, 1.807) is 4.90 Å². The Kier molecular flexibility index (Phi) is 7.34. The van der Waals surface area contributed by atoms with Crippen molar-refractivity contribution in [1.29, 1.82) is 0 Å². The molecular formula is C20H29IN2O3. The van der Waals surface area contributed by atoms with Gasteiger partial charge < -0.3 is 19.7 Å². The quantitative estimate of drug-likeness (QED) is 0.496. The minimum Gasteiger partial charge on any atom is -0.444 e. The van der Waals surface area contributed by atoms with Gasteiger partial charge in [-0.15, -0.1) is 0 Å². The van der Waals surface area contributed by atoms with Crippen molar-refractivity contribution in [3.63, 3.8) is 0 Å². The number of nitrogens with one attached hydrogen (secondary N) is 1. The fourth-order valence-corrected chi connectivity index (χ4v) is 3.31. The molecule has 0 aliphatic carbocycles. The fraction of sp³-hybridized carbons (Fsp3) is 0.550. The van der Waals surface area contributed by atoms with Gasteiger partial charge in [0.15, 0.2) is 0 Å². The molecule has 1 saturated heterocycles. The van der Waals surface area contributed by atoms with Crippen LogP contribution in [0.1, 0.15) is 46.3 Å². The van der Waals surface area contributed by atoms with Crippen molar-refractivity contribution in [3.05, 3.63) is 39.0 Å². The lowest BCUT2D eigenvalue weighted by Crippen LogP contribution is -2.44. The van der Waals surface area contributed by atoms with Gasteiger partial charge in [0, 0.05) is 22.3 Å². The van der Waals surface area contributed by atoms with E-state index in [-0.39, 0.29) is 12.2 Å². The number of ether oxygens (including phenoxy) is 2. The summed E-state index contributed by atoms with van der Waals surface area (Å²) in [4.78, 5) is 14.0. The number of rotatable bonds is 4. The molecule has 6 heteroatoms. The van der Waals surface area contributed by atoms with E-state index >= 15 is 0 Å². The van der Waals surface area contributed by atoms with E-state index in [1.807, 2.05) is 20.8 Å². The summed E-state index contributed by atoms with van der Waals surface area (Å²) in [6, 6.07) is 6.26. The summed E-state index contributed by atoms with van der Waals surface area (Å²) < 4.78 is 12.5. The van der Waals surface area contributed by atoms with Gasteiger partial charge in [0.05, 0.1) is 13.2 Å². The van der Waals surface area contributed by atoms with Crippen LogP contribution in [0.5, 0.6) is 0 Å². The third-order valence-corrected chi connectivity index (χ3v) is 4.78. The Hall–Kier alpha value is -1.28. The number of nitrogens with zero attached hydrogens (tertiary/aromatic N) is 1. The molecule has 1 aromatic carbocycles. The lowest BCUT2D eigenvalue weighted by molar-refractivity contribution is -0.0433. The van der Waals surface area contributed by atoms with Crippen LogP contribution in [0.2, 0.25) is 0 Å². The normalized spacial score (nSPS) is 17.6. The van der Waals surface area contributed by atoms with Crippen LogP contribution in [0.15, 0.2) is 29.8 Å². The van der Waals surface area contributed by atoms with Crippen LogP contribution in [0.4, 0.5) is 10.5 Å². The number of benzene rings is 1. The summed E-state index contributed by atoms with van der Waals surface area (Å²) >= 11 is 2.33. The van der Waals surface area contributed by atoms with E-state index in [4.69, 9.17) is 9.47 Å². The number of morpholine rings is 1. The number of hydrogen-bond acceptors (Lipinski definition) is 4. The van der Waals surface area contributed by atoms with Crippen LogP contribution >= 0.6 is 22.6 Å². The Bertz CT molecular complexity index is 664. The first-order chi connectivity index (χ1) is 12.2. The van der Waals surface area contributed by atoms with E-state index in [0.717, 1.165) is 21.4 Å². The highest BCUT2D eigenvalue weighted by Crippen LogP contribution is 2.28. The number of carbonyl (C=O) groups is 1. The fourth-order valence-electron chi connectivity index (χ4n) is 2.58. The van der Waals surface area contributed by atoms with E-state index < -0.39 is 5.60 Å². The minimum atomic E-state index is -0.487. The van der Waals surface area contributed by atoms with Crippen LogP contribution in [-0.4, -0.2) is 42.8 Å². The molecule has 1 atom stereocenters. The van der Waals surface area contributed by atoms with Crippen molar-refractivity contribution >= 4 is 34.4 Å². The second kappa shape index (κ2) is 9.08. The van der Waals surface area contributed by atoms with Crippen molar-refractivity contribution < 1.29 is 14.3 Å². The number of amides is 1. The van der Waals surface area contributed by atoms with Gasteiger partial charge in [-0.2, -0.15) is 0 Å². The number of anilines is 1. The zero-order valence-corrected chi connectivity index (χ0v) is 18.4. The molecule has 1 aliphatic heterocycles. The summed E-state index contributed by atoms with van der Waals surface area (Å²) in [5, 5.41) is 3.42. The average molecular weight is 472 g/mol. The predicted octanol–water partition coefficient (Wildman–Crippen LogP) is 4.98. The Balaban J connectivity index is 2.02. The smallest absolute Gasteiger partial charge is 0.410 e. The maximum Gasteiger partial charge on any atom is 0.410 e. The molecule has 0 radical (unpaired) electrons. The third kappa shape index (κ3) is 6.46. The standard InChI is InChI=1S/C20H29IN2O3/c1-14(2)8-9-22-17-7-6-15(12-16(17)21)18-13-23(10-11-25-18)19(24)26-20(3,4)5/h6-8,12,18,22H,9-11,13H2,1-5H3. The van der Waals surface area contributed by atoms with E-state index in [9.17, 15) is 4.79 Å². The maximum absolute atomic E-state index is 12.3. The Morgan fingerprint density at radius 3 is 2.77 bits per heavy atom. The molecular weight excluding hydrogens is 443 g/mol. The molecule has 0 saturated carbocycles. The highest BCUT2D eigenvalue weighted by molar-refractivity contribution is 14.1. The first-order valence-corrected chi connectivity index (χ1v) is 10.00. The van der Waals surface area contributed by atoms with Gasteiger partial charge in [-0.25, -0.2) is 4.79 Å². The minimum absolute atomic E-state index is 0.128. The van der Waals surface area contributed by atoms with Crippen LogP contribution in [0.3, 0.4) is 0 Å². The Morgan fingerprint density at radius 1 is 1.42 bits per heavy atom. The molecule has 2 rings (SSSR count). The summed E-state index contributed by atoms with van der Waals surface area (Å²) in [5.41, 5.74) is 2.99. The lowest BCUT2D eigenvalue weighted by atomic mass is 10.1. The van der Waals surface area contributed by atoms with E-state index in [1.165, 1.54) is 5.57 Å². The van der Waals surface area contributed by atoms with Gasteiger partial charge in [-0.1, -0.05) is 17.7 Å². The van der Waals surface area contributed by atoms with Gasteiger partial charge >= 0.3 is 6.09 Å². The maximum atomic E-state index is 12.3. The highest BCUT2D eigenvalue weighted by atomic mass is 127. The molecule has 1 N–H and O–H groups in total. The van der Waals surface area contributed by atoms with Crippen LogP contribution < -0.4 is 5.32 Å². The monoisotopic (exact) mass is 472 g/mol. The van der Waals surface area contributed by atoms with Gasteiger partial charge in [0.1, 0.15) is 11.7 Å². The SMILES string of the molecule is CC(C)=CCNc1ccc(C2CN(C(=O)OC(C)(C)C)CCO2)cc1I. The van der Waals surface area contributed by atoms with Gasteiger partial charge in [-0.3, -0.25) is 0 Å². The van der Waals surface area contributed by atoms with Gasteiger partial charge in [0.25, 0.3) is 0 Å². The molecule has 26 heavy (non-hydrogen) atoms. The van der Waals surface area contributed by atoms with Crippen molar-refractivity contribution in [2.45, 2.75) is 46.3 Å². The van der Waals surface area contributed by atoms with Crippen molar-refractivity contribution in [1.82, 2.24) is 4.90 Å². The summed E-state index contributed by atoms with van der Waals surface area (Å²) in [6.45, 7) is 12.2. The van der Waals surface area contributed by atoms with E-state index in [2.05, 4.69) is 66.0 Å². The molecule has 0 aromatic heterocycles. The molecule has 1 heterocycles. The van der Waals surface area contributed by atoms with Crippen molar-refractivity contribution in [2.24, 2.45) is 0 Å². The molecule has 0 bridgehead atoms. The van der Waals surface area contributed by atoms with Crippen molar-refractivity contribution in [2.75, 3.05) is 31.6 Å². The number of carbonyl (C=O) groups excluding carboxylic acids is 1. The molecule has 5 nitrogen and oxygen atoms in total.